The highest BCUT2D eigenvalue weighted by Crippen LogP contribution is 2.14. The molecule has 0 aliphatic heterocycles. The average molecular weight is 269 g/mol. The lowest BCUT2D eigenvalue weighted by Crippen LogP contribution is -2.23. The Kier molecular flexibility index (Phi) is 7.58. The van der Waals surface area contributed by atoms with E-state index in [1.807, 2.05) is 0 Å². The van der Waals surface area contributed by atoms with Gasteiger partial charge in [-0.05, 0) is 32.0 Å². The van der Waals surface area contributed by atoms with Crippen molar-refractivity contribution in [1.82, 2.24) is 5.32 Å². The zero-order valence-electron chi connectivity index (χ0n) is 11.2. The summed E-state index contributed by atoms with van der Waals surface area (Å²) in [5, 5.41) is 3.12. The fourth-order valence-electron chi connectivity index (χ4n) is 1.51. The van der Waals surface area contributed by atoms with E-state index in [1.54, 1.807) is 25.1 Å². The van der Waals surface area contributed by atoms with Gasteiger partial charge in [0.1, 0.15) is 6.61 Å². The molecule has 0 aromatic heterocycles. The van der Waals surface area contributed by atoms with Crippen LogP contribution in [0, 0.1) is 5.82 Å². The van der Waals surface area contributed by atoms with Gasteiger partial charge in [-0.1, -0.05) is 12.1 Å². The second-order valence-corrected chi connectivity index (χ2v) is 3.94. The van der Waals surface area contributed by atoms with Gasteiger partial charge in [-0.2, -0.15) is 0 Å². The molecule has 0 bridgehead atoms. The number of hydrogen-bond acceptors (Lipinski definition) is 4. The van der Waals surface area contributed by atoms with Crippen molar-refractivity contribution in [1.29, 1.82) is 0 Å². The molecule has 19 heavy (non-hydrogen) atoms. The van der Waals surface area contributed by atoms with E-state index in [9.17, 15) is 9.18 Å². The highest BCUT2D eigenvalue weighted by molar-refractivity contribution is 5.69. The van der Waals surface area contributed by atoms with Crippen LogP contribution in [0.1, 0.15) is 19.8 Å². The first kappa shape index (κ1) is 15.4. The Hall–Kier alpha value is -1.62. The van der Waals surface area contributed by atoms with E-state index < -0.39 is 0 Å². The lowest BCUT2D eigenvalue weighted by Gasteiger charge is -2.08. The van der Waals surface area contributed by atoms with E-state index in [0.717, 1.165) is 6.42 Å². The number of esters is 1. The van der Waals surface area contributed by atoms with Crippen LogP contribution in [0.4, 0.5) is 4.39 Å². The molecule has 0 amide bonds. The normalized spacial score (nSPS) is 10.2. The molecular weight excluding hydrogens is 249 g/mol. The van der Waals surface area contributed by atoms with Crippen molar-refractivity contribution in [2.45, 2.75) is 19.8 Å². The van der Waals surface area contributed by atoms with Crippen molar-refractivity contribution in [3.8, 4) is 5.75 Å². The second kappa shape index (κ2) is 9.33. The molecule has 0 spiro atoms. The number of benzene rings is 1. The zero-order valence-corrected chi connectivity index (χ0v) is 11.2. The Morgan fingerprint density at radius 2 is 2.11 bits per heavy atom. The topological polar surface area (TPSA) is 47.6 Å². The first-order chi connectivity index (χ1) is 9.24. The fraction of sp³-hybridized carbons (Fsp3) is 0.500. The number of hydrogen-bond donors (Lipinski definition) is 1. The molecule has 1 N–H and O–H groups in total. The number of carbonyl (C=O) groups excluding carboxylic acids is 1. The van der Waals surface area contributed by atoms with Crippen LogP contribution in [0.5, 0.6) is 5.75 Å². The summed E-state index contributed by atoms with van der Waals surface area (Å²) in [5.74, 6) is -0.271. The van der Waals surface area contributed by atoms with Crippen molar-refractivity contribution >= 4 is 5.97 Å². The smallest absolute Gasteiger partial charge is 0.305 e. The zero-order chi connectivity index (χ0) is 13.9. The molecule has 0 unspecified atom stereocenters. The molecule has 106 valence electrons. The van der Waals surface area contributed by atoms with Gasteiger partial charge in [0, 0.05) is 13.0 Å². The lowest BCUT2D eigenvalue weighted by molar-refractivity contribution is -0.143. The predicted octanol–water partition coefficient (Wildman–Crippen LogP) is 2.14. The molecule has 0 heterocycles. The Bertz CT molecular complexity index is 385. The lowest BCUT2D eigenvalue weighted by atomic mass is 10.3. The maximum atomic E-state index is 13.2. The molecule has 4 nitrogen and oxygen atoms in total. The van der Waals surface area contributed by atoms with E-state index >= 15 is 0 Å². The third-order valence-corrected chi connectivity index (χ3v) is 2.41. The standard InChI is InChI=1S/C14H20FNO3/c1-2-18-14(17)8-5-9-16-10-11-19-13-7-4-3-6-12(13)15/h3-4,6-7,16H,2,5,8-11H2,1H3. The Labute approximate surface area is 112 Å². The summed E-state index contributed by atoms with van der Waals surface area (Å²) in [6.07, 6.45) is 1.13. The molecule has 1 rings (SSSR count). The first-order valence-corrected chi connectivity index (χ1v) is 6.47. The van der Waals surface area contributed by atoms with Gasteiger partial charge in [-0.3, -0.25) is 4.79 Å². The first-order valence-electron chi connectivity index (χ1n) is 6.47. The minimum Gasteiger partial charge on any atom is -0.489 e. The number of halogens is 1. The van der Waals surface area contributed by atoms with E-state index in [0.29, 0.717) is 32.7 Å². The highest BCUT2D eigenvalue weighted by Gasteiger charge is 2.01. The largest absolute Gasteiger partial charge is 0.489 e. The number of rotatable bonds is 9. The van der Waals surface area contributed by atoms with Crippen LogP contribution in [0.2, 0.25) is 0 Å². The maximum absolute atomic E-state index is 13.2. The molecule has 0 aliphatic rings. The van der Waals surface area contributed by atoms with Gasteiger partial charge >= 0.3 is 5.97 Å². The summed E-state index contributed by atoms with van der Waals surface area (Å²) in [5.41, 5.74) is 0. The summed E-state index contributed by atoms with van der Waals surface area (Å²) < 4.78 is 23.3. The minimum atomic E-state index is -0.357. The number of carbonyl (C=O) groups is 1. The summed E-state index contributed by atoms with van der Waals surface area (Å²) in [4.78, 5) is 11.0. The van der Waals surface area contributed by atoms with E-state index in [2.05, 4.69) is 5.32 Å². The summed E-state index contributed by atoms with van der Waals surface area (Å²) in [6.45, 7) is 3.91. The molecular formula is C14H20FNO3. The van der Waals surface area contributed by atoms with Crippen LogP contribution in [0.3, 0.4) is 0 Å². The fourth-order valence-corrected chi connectivity index (χ4v) is 1.51. The molecule has 5 heteroatoms. The molecule has 1 aromatic rings. The third kappa shape index (κ3) is 6.76. The van der Waals surface area contributed by atoms with Crippen molar-refractivity contribution in [3.63, 3.8) is 0 Å². The van der Waals surface area contributed by atoms with Crippen LogP contribution in [-0.2, 0) is 9.53 Å². The van der Waals surface area contributed by atoms with Crippen molar-refractivity contribution < 1.29 is 18.7 Å². The monoisotopic (exact) mass is 269 g/mol. The van der Waals surface area contributed by atoms with Crippen LogP contribution in [0.15, 0.2) is 24.3 Å². The summed E-state index contributed by atoms with van der Waals surface area (Å²) in [7, 11) is 0. The number of para-hydroxylation sites is 1. The van der Waals surface area contributed by atoms with Crippen molar-refractivity contribution in [3.05, 3.63) is 30.1 Å². The van der Waals surface area contributed by atoms with Crippen LogP contribution >= 0.6 is 0 Å². The summed E-state index contributed by atoms with van der Waals surface area (Å²) in [6, 6.07) is 6.30. The quantitative estimate of drug-likeness (QED) is 0.551. The maximum Gasteiger partial charge on any atom is 0.305 e. The van der Waals surface area contributed by atoms with Crippen LogP contribution in [-0.4, -0.2) is 32.3 Å². The van der Waals surface area contributed by atoms with Gasteiger partial charge in [0.05, 0.1) is 6.61 Å². The molecule has 0 aliphatic carbocycles. The molecule has 0 saturated carbocycles. The molecule has 0 fully saturated rings. The van der Waals surface area contributed by atoms with Crippen LogP contribution in [0.25, 0.3) is 0 Å². The van der Waals surface area contributed by atoms with Gasteiger partial charge in [0.15, 0.2) is 11.6 Å². The minimum absolute atomic E-state index is 0.174. The van der Waals surface area contributed by atoms with Crippen LogP contribution < -0.4 is 10.1 Å². The Morgan fingerprint density at radius 3 is 2.84 bits per heavy atom. The molecule has 1 aromatic carbocycles. The number of nitrogens with one attached hydrogen (secondary N) is 1. The predicted molar refractivity (Wildman–Crippen MR) is 70.6 cm³/mol. The molecule has 0 radical (unpaired) electrons. The SMILES string of the molecule is CCOC(=O)CCCNCCOc1ccccc1F. The van der Waals surface area contributed by atoms with E-state index in [1.165, 1.54) is 6.07 Å². The Morgan fingerprint density at radius 1 is 1.32 bits per heavy atom. The molecule has 0 atom stereocenters. The van der Waals surface area contributed by atoms with Crippen molar-refractivity contribution in [2.75, 3.05) is 26.3 Å². The summed E-state index contributed by atoms with van der Waals surface area (Å²) >= 11 is 0. The van der Waals surface area contributed by atoms with Gasteiger partial charge in [0.25, 0.3) is 0 Å². The van der Waals surface area contributed by atoms with Gasteiger partial charge in [-0.15, -0.1) is 0 Å². The highest BCUT2D eigenvalue weighted by atomic mass is 19.1. The van der Waals surface area contributed by atoms with Crippen molar-refractivity contribution in [2.24, 2.45) is 0 Å². The third-order valence-electron chi connectivity index (χ3n) is 2.41. The molecule has 0 saturated heterocycles. The Balaban J connectivity index is 2.00. The van der Waals surface area contributed by atoms with E-state index in [-0.39, 0.29) is 17.5 Å². The number of ether oxygens (including phenoxy) is 2. The van der Waals surface area contributed by atoms with E-state index in [4.69, 9.17) is 9.47 Å². The second-order valence-electron chi connectivity index (χ2n) is 3.94. The van der Waals surface area contributed by atoms with Gasteiger partial charge in [-0.25, -0.2) is 4.39 Å². The average Bonchev–Trinajstić information content (AvgIpc) is 2.40. The van der Waals surface area contributed by atoms with Gasteiger partial charge < -0.3 is 14.8 Å². The van der Waals surface area contributed by atoms with Gasteiger partial charge in [0.2, 0.25) is 0 Å².